The number of pyridine rings is 1. The van der Waals surface area contributed by atoms with Gasteiger partial charge in [-0.05, 0) is 67.2 Å². The number of likely N-dealkylation sites (tertiary alicyclic amines) is 1. The summed E-state index contributed by atoms with van der Waals surface area (Å²) in [7, 11) is 0. The summed E-state index contributed by atoms with van der Waals surface area (Å²) in [5, 5.41) is 5.77. The predicted molar refractivity (Wildman–Crippen MR) is 132 cm³/mol. The van der Waals surface area contributed by atoms with E-state index in [1.54, 1.807) is 6.33 Å². The van der Waals surface area contributed by atoms with Crippen molar-refractivity contribution in [3.05, 3.63) is 40.2 Å². The lowest BCUT2D eigenvalue weighted by molar-refractivity contribution is -0.119. The van der Waals surface area contributed by atoms with E-state index in [-0.39, 0.29) is 5.91 Å². The fourth-order valence-electron chi connectivity index (χ4n) is 6.40. The van der Waals surface area contributed by atoms with E-state index in [9.17, 15) is 4.79 Å². The molecule has 4 aromatic heterocycles. The van der Waals surface area contributed by atoms with E-state index in [2.05, 4.69) is 59.9 Å². The van der Waals surface area contributed by atoms with Gasteiger partial charge in [0.15, 0.2) is 5.65 Å². The molecule has 3 N–H and O–H groups in total. The van der Waals surface area contributed by atoms with E-state index in [1.165, 1.54) is 38.3 Å². The van der Waals surface area contributed by atoms with Gasteiger partial charge in [-0.15, -0.1) is 11.3 Å². The van der Waals surface area contributed by atoms with Gasteiger partial charge in [0, 0.05) is 34.6 Å². The number of nitrogens with one attached hydrogen (secondary N) is 1. The zero-order valence-corrected chi connectivity index (χ0v) is 20.4. The number of carbonyl (C=O) groups excluding carboxylic acids is 1. The van der Waals surface area contributed by atoms with E-state index >= 15 is 0 Å². The number of primary amides is 1. The van der Waals surface area contributed by atoms with Gasteiger partial charge in [0.05, 0.1) is 12.2 Å². The number of fused-ring (bicyclic) bond motifs is 4. The number of carbonyl (C=O) groups is 1. The first kappa shape index (κ1) is 20.9. The third-order valence-electron chi connectivity index (χ3n) is 7.74. The van der Waals surface area contributed by atoms with Crippen LogP contribution >= 0.6 is 11.3 Å². The first-order valence-corrected chi connectivity index (χ1v) is 12.6. The highest BCUT2D eigenvalue weighted by Gasteiger charge is 2.46. The fraction of sp³-hybridized carbons (Fsp3) is 0.480. The van der Waals surface area contributed by atoms with Crippen LogP contribution in [0, 0.1) is 19.8 Å². The molecular weight excluding hydrogens is 432 g/mol. The number of nitrogens with two attached hydrogens (primary N) is 1. The van der Waals surface area contributed by atoms with Crippen LogP contribution in [0.4, 0.5) is 0 Å². The molecule has 1 saturated carbocycles. The van der Waals surface area contributed by atoms with Gasteiger partial charge in [0.2, 0.25) is 5.91 Å². The van der Waals surface area contributed by atoms with Crippen molar-refractivity contribution >= 4 is 33.1 Å². The van der Waals surface area contributed by atoms with Crippen molar-refractivity contribution in [3.8, 4) is 11.3 Å². The molecule has 1 saturated heterocycles. The van der Waals surface area contributed by atoms with Crippen LogP contribution in [0.15, 0.2) is 18.6 Å². The smallest absolute Gasteiger partial charge is 0.231 e. The van der Waals surface area contributed by atoms with Gasteiger partial charge in [0.25, 0.3) is 0 Å². The molecule has 0 radical (unpaired) electrons. The molecule has 33 heavy (non-hydrogen) atoms. The van der Waals surface area contributed by atoms with Crippen molar-refractivity contribution in [1.82, 2.24) is 24.5 Å². The number of H-pyrrole nitrogens is 1. The van der Waals surface area contributed by atoms with Crippen LogP contribution < -0.4 is 5.73 Å². The SMILES string of the molecule is Cc1c(C2CC3C[C@H]2CN3CC(N)=O)sc2[nH]c(-c3cc(C)c4ncnn4c3)c(C(C)C)c12. The van der Waals surface area contributed by atoms with Crippen LogP contribution in [-0.4, -0.2) is 49.5 Å². The number of thiophene rings is 1. The van der Waals surface area contributed by atoms with E-state index in [0.717, 1.165) is 29.7 Å². The summed E-state index contributed by atoms with van der Waals surface area (Å²) in [5.74, 6) is 1.39. The summed E-state index contributed by atoms with van der Waals surface area (Å²) < 4.78 is 1.87. The van der Waals surface area contributed by atoms with Gasteiger partial charge in [-0.1, -0.05) is 13.8 Å². The maximum absolute atomic E-state index is 11.4. The first-order chi connectivity index (χ1) is 15.8. The lowest BCUT2D eigenvalue weighted by atomic mass is 9.89. The van der Waals surface area contributed by atoms with Crippen LogP contribution in [0.2, 0.25) is 0 Å². The maximum Gasteiger partial charge on any atom is 0.231 e. The fourth-order valence-corrected chi connectivity index (χ4v) is 7.83. The maximum atomic E-state index is 11.4. The third kappa shape index (κ3) is 3.14. The number of nitrogens with zero attached hydrogens (tertiary/aromatic N) is 4. The summed E-state index contributed by atoms with van der Waals surface area (Å²) >= 11 is 1.93. The summed E-state index contributed by atoms with van der Waals surface area (Å²) in [6.45, 7) is 10.3. The minimum Gasteiger partial charge on any atom is -0.369 e. The molecule has 1 aliphatic carbocycles. The molecule has 6 rings (SSSR count). The van der Waals surface area contributed by atoms with Crippen molar-refractivity contribution in [2.24, 2.45) is 11.7 Å². The zero-order valence-electron chi connectivity index (χ0n) is 19.6. The number of piperidine rings is 1. The average Bonchev–Trinajstić information content (AvgIpc) is 3.53. The second-order valence-electron chi connectivity index (χ2n) is 10.2. The number of aryl methyl sites for hydroxylation is 2. The lowest BCUT2D eigenvalue weighted by Crippen LogP contribution is -2.40. The van der Waals surface area contributed by atoms with Gasteiger partial charge in [-0.25, -0.2) is 9.50 Å². The van der Waals surface area contributed by atoms with Gasteiger partial charge in [-0.3, -0.25) is 9.69 Å². The molecule has 7 nitrogen and oxygen atoms in total. The van der Waals surface area contributed by atoms with E-state index in [0.29, 0.717) is 30.3 Å². The second-order valence-corrected chi connectivity index (χ2v) is 11.2. The van der Waals surface area contributed by atoms with Crippen molar-refractivity contribution in [3.63, 3.8) is 0 Å². The molecule has 0 spiro atoms. The molecule has 8 heteroatoms. The molecule has 5 heterocycles. The molecule has 3 atom stereocenters. The molecule has 2 aliphatic rings. The second kappa shape index (κ2) is 7.40. The van der Waals surface area contributed by atoms with Gasteiger partial charge < -0.3 is 10.7 Å². The van der Waals surface area contributed by atoms with Crippen LogP contribution in [0.25, 0.3) is 27.1 Å². The molecule has 2 bridgehead atoms. The molecule has 4 aromatic rings. The highest BCUT2D eigenvalue weighted by Crippen LogP contribution is 2.52. The normalized spacial score (nSPS) is 23.0. The van der Waals surface area contributed by atoms with Crippen molar-refractivity contribution < 1.29 is 4.79 Å². The number of aromatic amines is 1. The van der Waals surface area contributed by atoms with Crippen LogP contribution in [0.1, 0.15) is 60.1 Å². The highest BCUT2D eigenvalue weighted by molar-refractivity contribution is 7.19. The molecule has 0 aromatic carbocycles. The zero-order chi connectivity index (χ0) is 23.0. The Hall–Kier alpha value is -2.71. The predicted octanol–water partition coefficient (Wildman–Crippen LogP) is 4.34. The number of hydrogen-bond donors (Lipinski definition) is 2. The van der Waals surface area contributed by atoms with E-state index < -0.39 is 0 Å². The molecule has 1 aliphatic heterocycles. The Morgan fingerprint density at radius 2 is 2.15 bits per heavy atom. The van der Waals surface area contributed by atoms with Crippen molar-refractivity contribution in [2.45, 2.75) is 58.4 Å². The Labute approximate surface area is 197 Å². The van der Waals surface area contributed by atoms with Crippen molar-refractivity contribution in [2.75, 3.05) is 13.1 Å². The summed E-state index contributed by atoms with van der Waals surface area (Å²) in [6.07, 6.45) is 6.01. The highest BCUT2D eigenvalue weighted by atomic mass is 32.1. The largest absolute Gasteiger partial charge is 0.369 e. The van der Waals surface area contributed by atoms with Gasteiger partial charge in [0.1, 0.15) is 11.2 Å². The van der Waals surface area contributed by atoms with Gasteiger partial charge in [-0.2, -0.15) is 5.10 Å². The van der Waals surface area contributed by atoms with E-state index in [1.807, 2.05) is 15.9 Å². The average molecular weight is 463 g/mol. The van der Waals surface area contributed by atoms with Crippen LogP contribution in [0.3, 0.4) is 0 Å². The van der Waals surface area contributed by atoms with Crippen molar-refractivity contribution in [1.29, 1.82) is 0 Å². The Morgan fingerprint density at radius 1 is 1.33 bits per heavy atom. The number of amides is 1. The van der Waals surface area contributed by atoms with Crippen LogP contribution in [-0.2, 0) is 4.79 Å². The quantitative estimate of drug-likeness (QED) is 0.461. The van der Waals surface area contributed by atoms with E-state index in [4.69, 9.17) is 5.73 Å². The lowest BCUT2D eigenvalue weighted by Gasteiger charge is -2.30. The Morgan fingerprint density at radius 3 is 2.85 bits per heavy atom. The third-order valence-corrected chi connectivity index (χ3v) is 9.08. The van der Waals surface area contributed by atoms with Crippen LogP contribution in [0.5, 0.6) is 0 Å². The molecule has 2 fully saturated rings. The Bertz CT molecular complexity index is 1400. The Balaban J connectivity index is 1.41. The number of aromatic nitrogens is 4. The summed E-state index contributed by atoms with van der Waals surface area (Å²) in [5.41, 5.74) is 12.7. The molecule has 2 unspecified atom stereocenters. The molecule has 172 valence electrons. The first-order valence-electron chi connectivity index (χ1n) is 11.8. The molecule has 1 amide bonds. The topological polar surface area (TPSA) is 92.3 Å². The monoisotopic (exact) mass is 462 g/mol. The Kier molecular flexibility index (Phi) is 4.68. The number of hydrogen-bond acceptors (Lipinski definition) is 5. The summed E-state index contributed by atoms with van der Waals surface area (Å²) in [4.78, 5) is 24.7. The molecular formula is C25H30N6OS. The number of rotatable bonds is 5. The minimum absolute atomic E-state index is 0.215. The van der Waals surface area contributed by atoms with Gasteiger partial charge >= 0.3 is 0 Å². The summed E-state index contributed by atoms with van der Waals surface area (Å²) in [6, 6.07) is 2.70. The standard InChI is InChI=1S/C25H30N6OS/c1-12(2)20-21-14(4)23(18-7-17-6-15(18)8-30(17)10-19(26)32)33-25(21)29-22(20)16-5-13(3)24-27-11-28-31(24)9-16/h5,9,11-12,15,17-18,29H,6-8,10H2,1-4H3,(H2,26,32)/t15-,17?,18?/m0/s1. The minimum atomic E-state index is -0.215.